The van der Waals surface area contributed by atoms with E-state index in [1.54, 1.807) is 0 Å². The van der Waals surface area contributed by atoms with Crippen molar-refractivity contribution in [2.24, 2.45) is 0 Å². The van der Waals surface area contributed by atoms with E-state index in [0.29, 0.717) is 0 Å². The summed E-state index contributed by atoms with van der Waals surface area (Å²) in [5.74, 6) is 0.880. The molecule has 0 radical (unpaired) electrons. The van der Waals surface area contributed by atoms with Crippen LogP contribution in [0.3, 0.4) is 0 Å². The fraction of sp³-hybridized carbons (Fsp3) is 0.778. The number of nitrogens with one attached hydrogen (secondary N) is 1. The lowest BCUT2D eigenvalue weighted by Crippen LogP contribution is -2.48. The molecule has 0 spiro atoms. The number of aliphatic hydroxyl groups is 1. The Morgan fingerprint density at radius 1 is 1.57 bits per heavy atom. The number of hydrogen-bond donors (Lipinski definition) is 2. The number of nitrogens with zero attached hydrogens (tertiary/aromatic N) is 2. The Balaban J connectivity index is 2.02. The number of aryl methyl sites for hydroxylation is 1. The summed E-state index contributed by atoms with van der Waals surface area (Å²) >= 11 is 1.38. The number of hydrogen-bond acceptors (Lipinski definition) is 5. The predicted molar refractivity (Wildman–Crippen MR) is 56.6 cm³/mol. The first-order valence-corrected chi connectivity index (χ1v) is 5.77. The third-order valence-electron chi connectivity index (χ3n) is 2.77. The van der Waals surface area contributed by atoms with E-state index in [-0.39, 0.29) is 12.1 Å². The second kappa shape index (κ2) is 3.82. The molecule has 0 amide bonds. The lowest BCUT2D eigenvalue weighted by molar-refractivity contribution is 0.144. The van der Waals surface area contributed by atoms with Crippen molar-refractivity contribution < 1.29 is 5.11 Å². The molecule has 0 saturated heterocycles. The smallest absolute Gasteiger partial charge is 0.203 e. The summed E-state index contributed by atoms with van der Waals surface area (Å²) in [5.41, 5.74) is -0.107. The van der Waals surface area contributed by atoms with Gasteiger partial charge in [0.1, 0.15) is 5.82 Å². The third kappa shape index (κ3) is 1.74. The Morgan fingerprint density at radius 2 is 2.36 bits per heavy atom. The maximum Gasteiger partial charge on any atom is 0.203 e. The van der Waals surface area contributed by atoms with Gasteiger partial charge in [0.2, 0.25) is 5.13 Å². The first kappa shape index (κ1) is 9.86. The molecule has 1 aliphatic carbocycles. The maximum absolute atomic E-state index is 9.26. The molecule has 1 fully saturated rings. The average molecular weight is 213 g/mol. The largest absolute Gasteiger partial charge is 0.394 e. The van der Waals surface area contributed by atoms with Crippen molar-refractivity contribution in [2.75, 3.05) is 11.9 Å². The Kier molecular flexibility index (Phi) is 2.69. The minimum atomic E-state index is -0.107. The zero-order valence-corrected chi connectivity index (χ0v) is 9.10. The summed E-state index contributed by atoms with van der Waals surface area (Å²) in [6.07, 6.45) is 4.12. The Bertz CT molecular complexity index is 303. The lowest BCUT2D eigenvalue weighted by Gasteiger charge is -2.40. The van der Waals surface area contributed by atoms with Gasteiger partial charge in [-0.05, 0) is 19.3 Å². The van der Waals surface area contributed by atoms with Crippen molar-refractivity contribution >= 4 is 16.7 Å². The molecule has 0 bridgehead atoms. The van der Waals surface area contributed by atoms with Crippen LogP contribution in [-0.2, 0) is 6.42 Å². The molecule has 0 atom stereocenters. The minimum Gasteiger partial charge on any atom is -0.394 e. The van der Waals surface area contributed by atoms with E-state index in [9.17, 15) is 5.11 Å². The van der Waals surface area contributed by atoms with Crippen LogP contribution >= 0.6 is 11.5 Å². The normalized spacial score (nSPS) is 19.0. The van der Waals surface area contributed by atoms with Crippen LogP contribution in [0.4, 0.5) is 5.13 Å². The molecule has 1 aromatic heterocycles. The van der Waals surface area contributed by atoms with E-state index in [1.165, 1.54) is 18.0 Å². The zero-order chi connectivity index (χ0) is 10.0. The molecule has 14 heavy (non-hydrogen) atoms. The molecule has 2 rings (SSSR count). The van der Waals surface area contributed by atoms with Gasteiger partial charge in [-0.3, -0.25) is 0 Å². The second-order valence-corrected chi connectivity index (χ2v) is 4.54. The van der Waals surface area contributed by atoms with Gasteiger partial charge in [0, 0.05) is 18.0 Å². The first-order chi connectivity index (χ1) is 6.78. The van der Waals surface area contributed by atoms with Crippen molar-refractivity contribution in [2.45, 2.75) is 38.1 Å². The molecule has 1 saturated carbocycles. The van der Waals surface area contributed by atoms with E-state index in [1.807, 2.05) is 6.92 Å². The van der Waals surface area contributed by atoms with Gasteiger partial charge in [0.05, 0.1) is 12.1 Å². The van der Waals surface area contributed by atoms with Gasteiger partial charge in [-0.25, -0.2) is 4.98 Å². The number of aliphatic hydroxyl groups excluding tert-OH is 1. The number of anilines is 1. The third-order valence-corrected chi connectivity index (χ3v) is 3.44. The number of aromatic nitrogens is 2. The van der Waals surface area contributed by atoms with Crippen molar-refractivity contribution in [3.05, 3.63) is 5.82 Å². The highest BCUT2D eigenvalue weighted by Crippen LogP contribution is 2.35. The van der Waals surface area contributed by atoms with Crippen LogP contribution in [0.25, 0.3) is 0 Å². The standard InChI is InChI=1S/C9H15N3OS/c1-2-7-10-8(14-12-7)11-9(6-13)4-3-5-9/h13H,2-6H2,1H3,(H,10,11,12). The van der Waals surface area contributed by atoms with Crippen LogP contribution in [0, 0.1) is 0 Å². The van der Waals surface area contributed by atoms with Gasteiger partial charge >= 0.3 is 0 Å². The van der Waals surface area contributed by atoms with Crippen LogP contribution in [0.2, 0.25) is 0 Å². The summed E-state index contributed by atoms with van der Waals surface area (Å²) in [4.78, 5) is 4.33. The van der Waals surface area contributed by atoms with Gasteiger partial charge < -0.3 is 10.4 Å². The van der Waals surface area contributed by atoms with Gasteiger partial charge in [-0.15, -0.1) is 0 Å². The molecular weight excluding hydrogens is 198 g/mol. The predicted octanol–water partition coefficient (Wildman–Crippen LogP) is 1.43. The van der Waals surface area contributed by atoms with Gasteiger partial charge in [0.25, 0.3) is 0 Å². The van der Waals surface area contributed by atoms with Crippen LogP contribution in [-0.4, -0.2) is 26.6 Å². The first-order valence-electron chi connectivity index (χ1n) is 5.00. The van der Waals surface area contributed by atoms with Crippen LogP contribution < -0.4 is 5.32 Å². The zero-order valence-electron chi connectivity index (χ0n) is 8.29. The van der Waals surface area contributed by atoms with E-state index >= 15 is 0 Å². The van der Waals surface area contributed by atoms with E-state index in [4.69, 9.17) is 0 Å². The summed E-state index contributed by atoms with van der Waals surface area (Å²) in [7, 11) is 0. The molecular formula is C9H15N3OS. The van der Waals surface area contributed by atoms with Crippen molar-refractivity contribution in [1.82, 2.24) is 9.36 Å². The molecule has 4 nitrogen and oxygen atoms in total. The van der Waals surface area contributed by atoms with Gasteiger partial charge in [-0.1, -0.05) is 6.92 Å². The highest BCUT2D eigenvalue weighted by Gasteiger charge is 2.36. The topological polar surface area (TPSA) is 58.0 Å². The van der Waals surface area contributed by atoms with Gasteiger partial charge in [0.15, 0.2) is 0 Å². The molecule has 5 heteroatoms. The Hall–Kier alpha value is -0.680. The monoisotopic (exact) mass is 213 g/mol. The molecule has 1 aliphatic rings. The molecule has 0 unspecified atom stereocenters. The van der Waals surface area contributed by atoms with Crippen molar-refractivity contribution in [3.8, 4) is 0 Å². The highest BCUT2D eigenvalue weighted by molar-refractivity contribution is 7.09. The Labute approximate surface area is 87.5 Å². The molecule has 1 heterocycles. The minimum absolute atomic E-state index is 0.107. The van der Waals surface area contributed by atoms with Crippen LogP contribution in [0.15, 0.2) is 0 Å². The van der Waals surface area contributed by atoms with E-state index in [2.05, 4.69) is 14.7 Å². The van der Waals surface area contributed by atoms with Crippen LogP contribution in [0.1, 0.15) is 32.0 Å². The molecule has 78 valence electrons. The maximum atomic E-state index is 9.26. The highest BCUT2D eigenvalue weighted by atomic mass is 32.1. The average Bonchev–Trinajstić information content (AvgIpc) is 2.59. The van der Waals surface area contributed by atoms with Crippen molar-refractivity contribution in [3.63, 3.8) is 0 Å². The van der Waals surface area contributed by atoms with E-state index in [0.717, 1.165) is 30.2 Å². The van der Waals surface area contributed by atoms with Crippen LogP contribution in [0.5, 0.6) is 0 Å². The second-order valence-electron chi connectivity index (χ2n) is 3.79. The van der Waals surface area contributed by atoms with Gasteiger partial charge in [-0.2, -0.15) is 4.37 Å². The molecule has 0 aliphatic heterocycles. The summed E-state index contributed by atoms with van der Waals surface area (Å²) in [6, 6.07) is 0. The molecule has 0 aromatic carbocycles. The molecule has 2 N–H and O–H groups in total. The summed E-state index contributed by atoms with van der Waals surface area (Å²) in [5, 5.41) is 13.4. The fourth-order valence-corrected chi connectivity index (χ4v) is 2.37. The molecule has 1 aromatic rings. The quantitative estimate of drug-likeness (QED) is 0.794. The lowest BCUT2D eigenvalue weighted by atomic mass is 9.77. The number of rotatable bonds is 4. The fourth-order valence-electron chi connectivity index (χ4n) is 1.60. The summed E-state index contributed by atoms with van der Waals surface area (Å²) < 4.78 is 4.20. The SMILES string of the molecule is CCc1nsc(NC2(CO)CCC2)n1. The van der Waals surface area contributed by atoms with E-state index < -0.39 is 0 Å². The summed E-state index contributed by atoms with van der Waals surface area (Å²) in [6.45, 7) is 2.23. The van der Waals surface area contributed by atoms with Crippen molar-refractivity contribution in [1.29, 1.82) is 0 Å². The Morgan fingerprint density at radius 3 is 2.79 bits per heavy atom.